The molecule has 0 unspecified atom stereocenters. The maximum absolute atomic E-state index is 5.26. The lowest BCUT2D eigenvalue weighted by Crippen LogP contribution is -2.22. The molecule has 0 atom stereocenters. The first-order valence-electron chi connectivity index (χ1n) is 4.90. The Bertz CT molecular complexity index is 471. The van der Waals surface area contributed by atoms with E-state index < -0.39 is 0 Å². The van der Waals surface area contributed by atoms with E-state index in [1.807, 2.05) is 36.5 Å². The standard InChI is InChI=1S/C11H13N5.HI/c12-11(13)14-8-9-2-4-10(5-3-9)16-7-1-6-15-16;/h1-7H,8H2,(H4,12,13,14);1H. The smallest absolute Gasteiger partial charge is 0.186 e. The molecule has 17 heavy (non-hydrogen) atoms. The van der Waals surface area contributed by atoms with Gasteiger partial charge < -0.3 is 11.5 Å². The van der Waals surface area contributed by atoms with Gasteiger partial charge in [0.1, 0.15) is 0 Å². The number of benzene rings is 1. The number of nitrogens with two attached hydrogens (primary N) is 2. The first-order valence-corrected chi connectivity index (χ1v) is 4.90. The van der Waals surface area contributed by atoms with Gasteiger partial charge in [-0.25, -0.2) is 9.67 Å². The van der Waals surface area contributed by atoms with Gasteiger partial charge in [-0.15, -0.1) is 24.0 Å². The molecule has 0 saturated heterocycles. The first kappa shape index (κ1) is 13.5. The van der Waals surface area contributed by atoms with Crippen molar-refractivity contribution in [3.8, 4) is 5.69 Å². The van der Waals surface area contributed by atoms with Gasteiger partial charge in [0.15, 0.2) is 5.96 Å². The molecule has 5 nitrogen and oxygen atoms in total. The van der Waals surface area contributed by atoms with Crippen LogP contribution in [-0.4, -0.2) is 15.7 Å². The largest absolute Gasteiger partial charge is 0.370 e. The molecule has 2 aromatic rings. The summed E-state index contributed by atoms with van der Waals surface area (Å²) in [6.07, 6.45) is 3.64. The second-order valence-electron chi connectivity index (χ2n) is 3.36. The maximum Gasteiger partial charge on any atom is 0.186 e. The highest BCUT2D eigenvalue weighted by Crippen LogP contribution is 2.09. The highest BCUT2D eigenvalue weighted by atomic mass is 127. The molecule has 1 aromatic heterocycles. The molecule has 90 valence electrons. The monoisotopic (exact) mass is 343 g/mol. The third-order valence-corrected chi connectivity index (χ3v) is 2.15. The van der Waals surface area contributed by atoms with E-state index in [1.165, 1.54) is 0 Å². The number of aromatic nitrogens is 2. The van der Waals surface area contributed by atoms with Crippen molar-refractivity contribution in [3.63, 3.8) is 0 Å². The number of rotatable bonds is 3. The Hall–Kier alpha value is -1.57. The van der Waals surface area contributed by atoms with Gasteiger partial charge in [0, 0.05) is 12.4 Å². The van der Waals surface area contributed by atoms with E-state index in [2.05, 4.69) is 10.1 Å². The molecule has 0 saturated carbocycles. The Kier molecular flexibility index (Phi) is 4.95. The van der Waals surface area contributed by atoms with Gasteiger partial charge >= 0.3 is 0 Å². The molecule has 0 amide bonds. The first-order chi connectivity index (χ1) is 7.75. The van der Waals surface area contributed by atoms with E-state index in [0.717, 1.165) is 11.3 Å². The molecule has 0 fully saturated rings. The maximum atomic E-state index is 5.26. The quantitative estimate of drug-likeness (QED) is 0.500. The lowest BCUT2D eigenvalue weighted by Gasteiger charge is -2.02. The van der Waals surface area contributed by atoms with Gasteiger partial charge in [0.05, 0.1) is 12.2 Å². The van der Waals surface area contributed by atoms with Crippen LogP contribution < -0.4 is 11.5 Å². The van der Waals surface area contributed by atoms with Crippen LogP contribution in [0.25, 0.3) is 5.69 Å². The third kappa shape index (κ3) is 3.74. The van der Waals surface area contributed by atoms with Crippen molar-refractivity contribution in [2.24, 2.45) is 16.5 Å². The van der Waals surface area contributed by atoms with Crippen LogP contribution in [0.4, 0.5) is 0 Å². The fourth-order valence-corrected chi connectivity index (χ4v) is 1.36. The Morgan fingerprint density at radius 3 is 2.47 bits per heavy atom. The molecule has 4 N–H and O–H groups in total. The van der Waals surface area contributed by atoms with E-state index in [4.69, 9.17) is 11.5 Å². The minimum Gasteiger partial charge on any atom is -0.370 e. The highest BCUT2D eigenvalue weighted by molar-refractivity contribution is 14.0. The second kappa shape index (κ2) is 6.24. The zero-order valence-corrected chi connectivity index (χ0v) is 11.5. The van der Waals surface area contributed by atoms with Crippen molar-refractivity contribution in [2.45, 2.75) is 6.54 Å². The van der Waals surface area contributed by atoms with Crippen LogP contribution in [0.1, 0.15) is 5.56 Å². The molecule has 0 spiro atoms. The van der Waals surface area contributed by atoms with Gasteiger partial charge in [0.2, 0.25) is 0 Å². The molecule has 1 heterocycles. The van der Waals surface area contributed by atoms with E-state index in [9.17, 15) is 0 Å². The zero-order chi connectivity index (χ0) is 11.4. The predicted octanol–water partition coefficient (Wildman–Crippen LogP) is 1.26. The average Bonchev–Trinajstić information content (AvgIpc) is 2.80. The van der Waals surface area contributed by atoms with Crippen molar-refractivity contribution in [1.29, 1.82) is 0 Å². The topological polar surface area (TPSA) is 82.2 Å². The summed E-state index contributed by atoms with van der Waals surface area (Å²) in [5, 5.41) is 4.14. The summed E-state index contributed by atoms with van der Waals surface area (Å²) < 4.78 is 1.80. The van der Waals surface area contributed by atoms with Crippen molar-refractivity contribution in [2.75, 3.05) is 0 Å². The molecule has 0 bridgehead atoms. The summed E-state index contributed by atoms with van der Waals surface area (Å²) in [6, 6.07) is 9.79. The Morgan fingerprint density at radius 1 is 1.24 bits per heavy atom. The third-order valence-electron chi connectivity index (χ3n) is 2.15. The molecule has 0 aliphatic carbocycles. The van der Waals surface area contributed by atoms with Crippen molar-refractivity contribution >= 4 is 29.9 Å². The Balaban J connectivity index is 0.00000144. The molecule has 0 radical (unpaired) electrons. The number of nitrogens with zero attached hydrogens (tertiary/aromatic N) is 3. The van der Waals surface area contributed by atoms with Crippen LogP contribution in [0.3, 0.4) is 0 Å². The fourth-order valence-electron chi connectivity index (χ4n) is 1.36. The minimum absolute atomic E-state index is 0. The van der Waals surface area contributed by atoms with Gasteiger partial charge in [-0.1, -0.05) is 12.1 Å². The molecular weight excluding hydrogens is 329 g/mol. The van der Waals surface area contributed by atoms with Crippen molar-refractivity contribution in [3.05, 3.63) is 48.3 Å². The lowest BCUT2D eigenvalue weighted by molar-refractivity contribution is 0.878. The Morgan fingerprint density at radius 2 is 1.94 bits per heavy atom. The number of hydrogen-bond donors (Lipinski definition) is 2. The SMILES string of the molecule is I.NC(N)=NCc1ccc(-n2cccn2)cc1. The van der Waals surface area contributed by atoms with Gasteiger partial charge in [-0.2, -0.15) is 5.10 Å². The van der Waals surface area contributed by atoms with Crippen LogP contribution in [0.5, 0.6) is 0 Å². The van der Waals surface area contributed by atoms with Crippen LogP contribution in [0, 0.1) is 0 Å². The Labute approximate surface area is 117 Å². The summed E-state index contributed by atoms with van der Waals surface area (Å²) in [7, 11) is 0. The summed E-state index contributed by atoms with van der Waals surface area (Å²) in [4.78, 5) is 3.94. The highest BCUT2D eigenvalue weighted by Gasteiger charge is 1.96. The van der Waals surface area contributed by atoms with Gasteiger partial charge in [-0.05, 0) is 23.8 Å². The van der Waals surface area contributed by atoms with Crippen LogP contribution in [-0.2, 0) is 6.54 Å². The number of halogens is 1. The lowest BCUT2D eigenvalue weighted by atomic mass is 10.2. The van der Waals surface area contributed by atoms with Crippen LogP contribution in [0.2, 0.25) is 0 Å². The van der Waals surface area contributed by atoms with Crippen molar-refractivity contribution in [1.82, 2.24) is 9.78 Å². The van der Waals surface area contributed by atoms with Gasteiger partial charge in [-0.3, -0.25) is 0 Å². The number of hydrogen-bond acceptors (Lipinski definition) is 2. The van der Waals surface area contributed by atoms with E-state index in [1.54, 1.807) is 10.9 Å². The fraction of sp³-hybridized carbons (Fsp3) is 0.0909. The van der Waals surface area contributed by atoms with Crippen LogP contribution >= 0.6 is 24.0 Å². The number of guanidine groups is 1. The van der Waals surface area contributed by atoms with Crippen molar-refractivity contribution < 1.29 is 0 Å². The minimum atomic E-state index is 0. The summed E-state index contributed by atoms with van der Waals surface area (Å²) in [6.45, 7) is 0.502. The van der Waals surface area contributed by atoms with E-state index in [0.29, 0.717) is 6.54 Å². The summed E-state index contributed by atoms with van der Waals surface area (Å²) in [5.41, 5.74) is 12.6. The predicted molar refractivity (Wildman–Crippen MR) is 78.5 cm³/mol. The zero-order valence-electron chi connectivity index (χ0n) is 9.15. The molecule has 1 aromatic carbocycles. The number of aliphatic imine (C=N–C) groups is 1. The van der Waals surface area contributed by atoms with E-state index >= 15 is 0 Å². The normalized spacial score (nSPS) is 9.41. The second-order valence-corrected chi connectivity index (χ2v) is 3.36. The molecule has 0 aliphatic heterocycles. The molecule has 2 rings (SSSR count). The average molecular weight is 343 g/mol. The van der Waals surface area contributed by atoms with E-state index in [-0.39, 0.29) is 29.9 Å². The molecule has 6 heteroatoms. The van der Waals surface area contributed by atoms with Gasteiger partial charge in [0.25, 0.3) is 0 Å². The summed E-state index contributed by atoms with van der Waals surface area (Å²) in [5.74, 6) is 0.108. The molecular formula is C11H14IN5. The van der Waals surface area contributed by atoms with Crippen LogP contribution in [0.15, 0.2) is 47.7 Å². The molecule has 0 aliphatic rings. The summed E-state index contributed by atoms with van der Waals surface area (Å²) >= 11 is 0.